The third-order valence-electron chi connectivity index (χ3n) is 15.6. The van der Waals surface area contributed by atoms with Crippen molar-refractivity contribution < 1.29 is 49.3 Å². The van der Waals surface area contributed by atoms with Crippen molar-refractivity contribution in [2.24, 2.45) is 0 Å². The van der Waals surface area contributed by atoms with Crippen LogP contribution in [-0.2, 0) is 23.8 Å². The molecular weight excluding hydrogens is 1060 g/mol. The fourth-order valence-electron chi connectivity index (χ4n) is 10.1. The van der Waals surface area contributed by atoms with Crippen LogP contribution in [0.25, 0.3) is 0 Å². The number of hydrogen-bond donors (Lipinski definition) is 6. The predicted molar refractivity (Wildman–Crippen MR) is 356 cm³/mol. The maximum absolute atomic E-state index is 13.5. The average molecular weight is 1190 g/mol. The first-order valence-corrected chi connectivity index (χ1v) is 34.7. The molecule has 1 rings (SSSR count). The average Bonchev–Trinajstić information content (AvgIpc) is 3.69. The van der Waals surface area contributed by atoms with E-state index in [9.17, 15) is 35.1 Å². The Morgan fingerprint density at radius 1 is 0.459 bits per heavy atom. The molecule has 1 aliphatic heterocycles. The molecule has 1 saturated heterocycles. The van der Waals surface area contributed by atoms with Crippen molar-refractivity contribution >= 4 is 11.9 Å². The van der Waals surface area contributed by atoms with Gasteiger partial charge in [0.1, 0.15) is 24.4 Å². The molecule has 488 valence electrons. The van der Waals surface area contributed by atoms with Crippen LogP contribution < -0.4 is 5.32 Å². The Balaban J connectivity index is 2.61. The molecule has 0 aromatic rings. The van der Waals surface area contributed by atoms with Crippen LogP contribution in [0.15, 0.2) is 109 Å². The van der Waals surface area contributed by atoms with Crippen molar-refractivity contribution in [1.29, 1.82) is 0 Å². The van der Waals surface area contributed by atoms with E-state index in [1.807, 2.05) is 6.08 Å². The van der Waals surface area contributed by atoms with Gasteiger partial charge in [0.15, 0.2) is 12.4 Å². The van der Waals surface area contributed by atoms with E-state index < -0.39 is 67.4 Å². The van der Waals surface area contributed by atoms with Crippen LogP contribution in [0.5, 0.6) is 0 Å². The van der Waals surface area contributed by atoms with E-state index in [2.05, 4.69) is 123 Å². The molecule has 1 fully saturated rings. The van der Waals surface area contributed by atoms with Gasteiger partial charge in [-0.3, -0.25) is 9.59 Å². The monoisotopic (exact) mass is 1190 g/mol. The molecule has 1 amide bonds. The largest absolute Gasteiger partial charge is 0.454 e. The minimum atomic E-state index is -1.63. The van der Waals surface area contributed by atoms with Crippen molar-refractivity contribution in [2.75, 3.05) is 13.2 Å². The van der Waals surface area contributed by atoms with E-state index in [0.717, 1.165) is 122 Å². The number of carbonyl (C=O) groups is 2. The standard InChI is InChI=1S/C74H127NO10/c1-4-7-10-13-16-19-22-24-26-28-30-32-33-34-36-37-39-41-43-46-49-52-55-58-61-67(78)73(82)75-65(66(77)60-57-54-51-48-45-21-18-15-12-9-6-3)64-83-74-72(71(81)70(80)68(63-76)84-74)85-69(79)62-59-56-53-50-47-44-42-40-38-35-31-29-27-25-23-20-17-14-11-8-5-2/h16-17,19-20,24-27,30-32,34-36,40,42,57,60,65-68,70-72,74,76-78,80-81H,4-15,18,21-23,28-29,33,37-39,41,43-56,58-59,61-64H2,1-3H3,(H,75,82)/b19-16-,20-17-,26-24-,27-25-,32-30-,35-31-,36-34-,42-40-,60-57+. The lowest BCUT2D eigenvalue weighted by Gasteiger charge is -2.41. The highest BCUT2D eigenvalue weighted by Crippen LogP contribution is 2.26. The van der Waals surface area contributed by atoms with Crippen LogP contribution in [0, 0.1) is 0 Å². The van der Waals surface area contributed by atoms with Crippen molar-refractivity contribution in [3.63, 3.8) is 0 Å². The van der Waals surface area contributed by atoms with Gasteiger partial charge >= 0.3 is 5.97 Å². The van der Waals surface area contributed by atoms with Gasteiger partial charge in [0.2, 0.25) is 5.91 Å². The van der Waals surface area contributed by atoms with Gasteiger partial charge in [-0.15, -0.1) is 0 Å². The van der Waals surface area contributed by atoms with Gasteiger partial charge < -0.3 is 45.1 Å². The van der Waals surface area contributed by atoms with Crippen LogP contribution in [0.3, 0.4) is 0 Å². The second kappa shape index (κ2) is 60.6. The Labute approximate surface area is 519 Å². The van der Waals surface area contributed by atoms with Crippen molar-refractivity contribution in [3.05, 3.63) is 109 Å². The number of amides is 1. The smallest absolute Gasteiger partial charge is 0.306 e. The van der Waals surface area contributed by atoms with Crippen LogP contribution in [0.4, 0.5) is 0 Å². The van der Waals surface area contributed by atoms with Gasteiger partial charge in [0, 0.05) is 6.42 Å². The van der Waals surface area contributed by atoms with E-state index in [1.54, 1.807) is 6.08 Å². The van der Waals surface area contributed by atoms with Gasteiger partial charge in [-0.25, -0.2) is 0 Å². The van der Waals surface area contributed by atoms with E-state index >= 15 is 0 Å². The van der Waals surface area contributed by atoms with E-state index in [4.69, 9.17) is 14.2 Å². The molecule has 0 aliphatic carbocycles. The van der Waals surface area contributed by atoms with Crippen molar-refractivity contribution in [1.82, 2.24) is 5.32 Å². The Morgan fingerprint density at radius 3 is 1.24 bits per heavy atom. The summed E-state index contributed by atoms with van der Waals surface area (Å²) in [5, 5.41) is 57.2. The molecule has 1 heterocycles. The first kappa shape index (κ1) is 79.3. The first-order chi connectivity index (χ1) is 41.7. The highest BCUT2D eigenvalue weighted by atomic mass is 16.7. The molecule has 0 aromatic carbocycles. The molecule has 6 N–H and O–H groups in total. The van der Waals surface area contributed by atoms with Gasteiger partial charge in [-0.1, -0.05) is 271 Å². The molecule has 85 heavy (non-hydrogen) atoms. The lowest BCUT2D eigenvalue weighted by atomic mass is 9.99. The molecule has 8 atom stereocenters. The molecular formula is C74H127NO10. The summed E-state index contributed by atoms with van der Waals surface area (Å²) in [4.78, 5) is 26.6. The number of ether oxygens (including phenoxy) is 3. The molecule has 0 radical (unpaired) electrons. The summed E-state index contributed by atoms with van der Waals surface area (Å²) >= 11 is 0. The summed E-state index contributed by atoms with van der Waals surface area (Å²) in [6.07, 6.45) is 72.6. The number of allylic oxidation sites excluding steroid dienone is 17. The minimum absolute atomic E-state index is 0.0967. The highest BCUT2D eigenvalue weighted by molar-refractivity contribution is 5.80. The Hall–Kier alpha value is -3.68. The SMILES string of the molecule is CCCCC/C=C\C/C=C\C/C=C\C/C=C\CCCCCCCCCCC(O)C(=O)NC(COC1OC(CO)C(O)C(O)C1OC(=O)CCCCCCC/C=C\C/C=C\C/C=C\C/C=C\CCCCC)C(O)/C=C/CCCCCCCCCCC. The number of hydrogen-bond acceptors (Lipinski definition) is 10. The zero-order valence-electron chi connectivity index (χ0n) is 54.2. The molecule has 0 aromatic heterocycles. The van der Waals surface area contributed by atoms with Crippen LogP contribution in [0.1, 0.15) is 284 Å². The number of aliphatic hydroxyl groups is 5. The topological polar surface area (TPSA) is 175 Å². The predicted octanol–water partition coefficient (Wildman–Crippen LogP) is 17.6. The molecule has 0 spiro atoms. The number of unbranched alkanes of at least 4 members (excludes halogenated alkanes) is 28. The summed E-state index contributed by atoms with van der Waals surface area (Å²) in [5.74, 6) is -1.22. The summed E-state index contributed by atoms with van der Waals surface area (Å²) in [6, 6.07) is -1.04. The summed E-state index contributed by atoms with van der Waals surface area (Å²) in [7, 11) is 0. The van der Waals surface area contributed by atoms with Gasteiger partial charge in [-0.05, 0) is 116 Å². The van der Waals surface area contributed by atoms with Gasteiger partial charge in [-0.2, -0.15) is 0 Å². The highest BCUT2D eigenvalue weighted by Gasteiger charge is 2.47. The molecule has 0 bridgehead atoms. The second-order valence-electron chi connectivity index (χ2n) is 23.6. The summed E-state index contributed by atoms with van der Waals surface area (Å²) in [6.45, 7) is 5.72. The molecule has 11 nitrogen and oxygen atoms in total. The minimum Gasteiger partial charge on any atom is -0.454 e. The maximum Gasteiger partial charge on any atom is 0.306 e. The zero-order chi connectivity index (χ0) is 61.7. The van der Waals surface area contributed by atoms with Crippen LogP contribution >= 0.6 is 0 Å². The molecule has 0 saturated carbocycles. The second-order valence-corrected chi connectivity index (χ2v) is 23.6. The molecule has 11 heteroatoms. The van der Waals surface area contributed by atoms with Gasteiger partial charge in [0.25, 0.3) is 0 Å². The Bertz CT molecular complexity index is 1800. The van der Waals surface area contributed by atoms with Crippen molar-refractivity contribution in [3.8, 4) is 0 Å². The number of carbonyl (C=O) groups excluding carboxylic acids is 2. The Kier molecular flexibility index (Phi) is 56.6. The number of aliphatic hydroxyl groups excluding tert-OH is 5. The van der Waals surface area contributed by atoms with Crippen molar-refractivity contribution in [2.45, 2.75) is 333 Å². The van der Waals surface area contributed by atoms with Gasteiger partial charge in [0.05, 0.1) is 25.4 Å². The summed E-state index contributed by atoms with van der Waals surface area (Å²) in [5.41, 5.74) is 0. The Morgan fingerprint density at radius 2 is 0.812 bits per heavy atom. The normalized spacial score (nSPS) is 19.1. The van der Waals surface area contributed by atoms with Crippen LogP contribution in [-0.4, -0.2) is 99.6 Å². The molecule has 1 aliphatic rings. The van der Waals surface area contributed by atoms with E-state index in [1.165, 1.54) is 116 Å². The zero-order valence-corrected chi connectivity index (χ0v) is 54.2. The number of esters is 1. The lowest BCUT2D eigenvalue weighted by molar-refractivity contribution is -0.305. The fourth-order valence-corrected chi connectivity index (χ4v) is 10.1. The number of rotatable bonds is 58. The third kappa shape index (κ3) is 48.0. The fraction of sp³-hybridized carbons (Fsp3) is 0.730. The maximum atomic E-state index is 13.5. The summed E-state index contributed by atoms with van der Waals surface area (Å²) < 4.78 is 17.6. The molecule has 8 unspecified atom stereocenters. The quantitative estimate of drug-likeness (QED) is 0.0195. The van der Waals surface area contributed by atoms with E-state index in [0.29, 0.717) is 12.8 Å². The lowest BCUT2D eigenvalue weighted by Crippen LogP contribution is -2.61. The number of nitrogens with one attached hydrogen (secondary N) is 1. The first-order valence-electron chi connectivity index (χ1n) is 34.7. The van der Waals surface area contributed by atoms with E-state index in [-0.39, 0.29) is 19.4 Å². The van der Waals surface area contributed by atoms with Crippen LogP contribution in [0.2, 0.25) is 0 Å². The third-order valence-corrected chi connectivity index (χ3v) is 15.6.